The Morgan fingerprint density at radius 1 is 1.56 bits per heavy atom. The lowest BCUT2D eigenvalue weighted by molar-refractivity contribution is -0.141. The second-order valence-corrected chi connectivity index (χ2v) is 5.46. The SMILES string of the molecule is CCc1cc(Br)c(O)c(C2CC(C(=O)O)CN2)c1. The molecule has 0 spiro atoms. The Hall–Kier alpha value is -1.07. The van der Waals surface area contributed by atoms with Gasteiger partial charge < -0.3 is 15.5 Å². The summed E-state index contributed by atoms with van der Waals surface area (Å²) >= 11 is 3.33. The third-order valence-corrected chi connectivity index (χ3v) is 4.02. The van der Waals surface area contributed by atoms with Gasteiger partial charge in [-0.15, -0.1) is 0 Å². The monoisotopic (exact) mass is 313 g/mol. The summed E-state index contributed by atoms with van der Waals surface area (Å²) in [5.74, 6) is -0.954. The van der Waals surface area contributed by atoms with Gasteiger partial charge in [-0.25, -0.2) is 0 Å². The fourth-order valence-electron chi connectivity index (χ4n) is 2.31. The Kier molecular flexibility index (Phi) is 3.92. The molecule has 1 aliphatic rings. The zero-order valence-electron chi connectivity index (χ0n) is 10.1. The lowest BCUT2D eigenvalue weighted by Gasteiger charge is -2.15. The Morgan fingerprint density at radius 3 is 2.83 bits per heavy atom. The number of carbonyl (C=O) groups is 1. The third-order valence-electron chi connectivity index (χ3n) is 3.42. The summed E-state index contributed by atoms with van der Waals surface area (Å²) in [4.78, 5) is 10.9. The van der Waals surface area contributed by atoms with Crippen LogP contribution < -0.4 is 5.32 Å². The normalized spacial score (nSPS) is 23.2. The molecule has 1 saturated heterocycles. The maximum atomic E-state index is 10.9. The van der Waals surface area contributed by atoms with Crippen LogP contribution in [-0.4, -0.2) is 22.7 Å². The van der Waals surface area contributed by atoms with Gasteiger partial charge in [0.1, 0.15) is 5.75 Å². The first kappa shape index (κ1) is 13.4. The highest BCUT2D eigenvalue weighted by atomic mass is 79.9. The van der Waals surface area contributed by atoms with Crippen LogP contribution in [0.1, 0.15) is 30.5 Å². The van der Waals surface area contributed by atoms with Gasteiger partial charge >= 0.3 is 5.97 Å². The van der Waals surface area contributed by atoms with Crippen LogP contribution in [0.15, 0.2) is 16.6 Å². The summed E-state index contributed by atoms with van der Waals surface area (Å²) < 4.78 is 0.664. The van der Waals surface area contributed by atoms with E-state index in [1.807, 2.05) is 19.1 Å². The van der Waals surface area contributed by atoms with Gasteiger partial charge in [0.05, 0.1) is 10.4 Å². The van der Waals surface area contributed by atoms with Gasteiger partial charge in [0.15, 0.2) is 0 Å². The molecule has 98 valence electrons. The molecule has 2 atom stereocenters. The molecule has 1 heterocycles. The van der Waals surface area contributed by atoms with Crippen molar-refractivity contribution in [3.63, 3.8) is 0 Å². The van der Waals surface area contributed by atoms with Crippen LogP contribution >= 0.6 is 15.9 Å². The lowest BCUT2D eigenvalue weighted by Crippen LogP contribution is -2.17. The minimum absolute atomic E-state index is 0.0890. The average Bonchev–Trinajstić information content (AvgIpc) is 2.82. The quantitative estimate of drug-likeness (QED) is 0.801. The van der Waals surface area contributed by atoms with Gasteiger partial charge in [-0.3, -0.25) is 4.79 Å². The van der Waals surface area contributed by atoms with E-state index in [-0.39, 0.29) is 17.7 Å². The highest BCUT2D eigenvalue weighted by Gasteiger charge is 2.31. The molecule has 0 aromatic heterocycles. The number of carboxylic acids is 1. The minimum Gasteiger partial charge on any atom is -0.506 e. The molecule has 5 heteroatoms. The molecule has 1 aliphatic heterocycles. The lowest BCUT2D eigenvalue weighted by atomic mass is 9.97. The molecule has 1 fully saturated rings. The molecule has 2 unspecified atom stereocenters. The van der Waals surface area contributed by atoms with E-state index < -0.39 is 5.97 Å². The number of halogens is 1. The summed E-state index contributed by atoms with van der Waals surface area (Å²) in [5.41, 5.74) is 1.90. The Bertz CT molecular complexity index is 476. The first-order valence-electron chi connectivity index (χ1n) is 6.00. The van der Waals surface area contributed by atoms with E-state index >= 15 is 0 Å². The molecule has 3 N–H and O–H groups in total. The van der Waals surface area contributed by atoms with Crippen molar-refractivity contribution < 1.29 is 15.0 Å². The molecule has 1 aromatic carbocycles. The van der Waals surface area contributed by atoms with E-state index in [9.17, 15) is 9.90 Å². The van der Waals surface area contributed by atoms with Gasteiger partial charge in [-0.05, 0) is 40.4 Å². The molecule has 2 rings (SSSR count). The van der Waals surface area contributed by atoms with Crippen molar-refractivity contribution in [2.75, 3.05) is 6.54 Å². The zero-order chi connectivity index (χ0) is 13.3. The molecule has 0 amide bonds. The first-order chi connectivity index (χ1) is 8.52. The maximum absolute atomic E-state index is 10.9. The summed E-state index contributed by atoms with van der Waals surface area (Å²) in [7, 11) is 0. The van der Waals surface area contributed by atoms with Crippen molar-refractivity contribution in [1.82, 2.24) is 5.32 Å². The maximum Gasteiger partial charge on any atom is 0.307 e. The predicted octanol–water partition coefficient (Wildman–Crippen LogP) is 2.45. The van der Waals surface area contributed by atoms with Crippen LogP contribution in [-0.2, 0) is 11.2 Å². The second-order valence-electron chi connectivity index (χ2n) is 4.60. The molecule has 0 bridgehead atoms. The molecule has 4 nitrogen and oxygen atoms in total. The summed E-state index contributed by atoms with van der Waals surface area (Å²) in [6, 6.07) is 3.75. The van der Waals surface area contributed by atoms with Gasteiger partial charge in [0, 0.05) is 18.2 Å². The van der Waals surface area contributed by atoms with Crippen molar-refractivity contribution in [3.8, 4) is 5.75 Å². The zero-order valence-corrected chi connectivity index (χ0v) is 11.7. The summed E-state index contributed by atoms with van der Waals surface area (Å²) in [5, 5.41) is 22.2. The molecule has 0 saturated carbocycles. The van der Waals surface area contributed by atoms with Crippen molar-refractivity contribution in [1.29, 1.82) is 0 Å². The molecule has 0 radical (unpaired) electrons. The highest BCUT2D eigenvalue weighted by Crippen LogP contribution is 2.38. The number of aliphatic carboxylic acids is 1. The fraction of sp³-hybridized carbons (Fsp3) is 0.462. The largest absolute Gasteiger partial charge is 0.506 e. The highest BCUT2D eigenvalue weighted by molar-refractivity contribution is 9.10. The van der Waals surface area contributed by atoms with Gasteiger partial charge in [-0.2, -0.15) is 0 Å². The van der Waals surface area contributed by atoms with Crippen LogP contribution in [0.4, 0.5) is 0 Å². The Labute approximate surface area is 114 Å². The van der Waals surface area contributed by atoms with Crippen LogP contribution in [0.3, 0.4) is 0 Å². The van der Waals surface area contributed by atoms with E-state index in [4.69, 9.17) is 5.11 Å². The number of phenols is 1. The Balaban J connectivity index is 2.29. The van der Waals surface area contributed by atoms with Crippen molar-refractivity contribution in [2.45, 2.75) is 25.8 Å². The Morgan fingerprint density at radius 2 is 2.28 bits per heavy atom. The van der Waals surface area contributed by atoms with Crippen LogP contribution in [0.5, 0.6) is 5.75 Å². The van der Waals surface area contributed by atoms with Gasteiger partial charge in [0.25, 0.3) is 0 Å². The average molecular weight is 314 g/mol. The minimum atomic E-state index is -0.782. The number of aromatic hydroxyl groups is 1. The van der Waals surface area contributed by atoms with Gasteiger partial charge in [-0.1, -0.05) is 13.0 Å². The molecular formula is C13H16BrNO3. The van der Waals surface area contributed by atoms with Crippen molar-refractivity contribution >= 4 is 21.9 Å². The fourth-order valence-corrected chi connectivity index (χ4v) is 2.83. The first-order valence-corrected chi connectivity index (χ1v) is 6.79. The smallest absolute Gasteiger partial charge is 0.307 e. The van der Waals surface area contributed by atoms with E-state index in [1.54, 1.807) is 0 Å². The molecule has 0 aliphatic carbocycles. The summed E-state index contributed by atoms with van der Waals surface area (Å²) in [6.07, 6.45) is 1.39. The number of hydrogen-bond acceptors (Lipinski definition) is 3. The van der Waals surface area contributed by atoms with Gasteiger partial charge in [0.2, 0.25) is 0 Å². The predicted molar refractivity (Wildman–Crippen MR) is 71.7 cm³/mol. The molecular weight excluding hydrogens is 298 g/mol. The number of nitrogens with one attached hydrogen (secondary N) is 1. The second kappa shape index (κ2) is 5.28. The van der Waals surface area contributed by atoms with Crippen molar-refractivity contribution in [2.24, 2.45) is 5.92 Å². The number of aryl methyl sites for hydroxylation is 1. The van der Waals surface area contributed by atoms with E-state index in [2.05, 4.69) is 21.2 Å². The number of benzene rings is 1. The number of carboxylic acid groups (broad SMARTS) is 1. The third kappa shape index (κ3) is 2.52. The van der Waals surface area contributed by atoms with E-state index in [0.29, 0.717) is 17.4 Å². The van der Waals surface area contributed by atoms with Crippen LogP contribution in [0, 0.1) is 5.92 Å². The van der Waals surface area contributed by atoms with E-state index in [0.717, 1.165) is 17.5 Å². The number of hydrogen-bond donors (Lipinski definition) is 3. The number of rotatable bonds is 3. The van der Waals surface area contributed by atoms with E-state index in [1.165, 1.54) is 0 Å². The van der Waals surface area contributed by atoms with Crippen molar-refractivity contribution in [3.05, 3.63) is 27.7 Å². The molecule has 18 heavy (non-hydrogen) atoms. The standard InChI is InChI=1S/C13H16BrNO3/c1-2-7-3-9(12(16)10(14)4-7)11-5-8(6-15-11)13(17)18/h3-4,8,11,15-16H,2,5-6H2,1H3,(H,17,18). The number of phenolic OH excluding ortho intramolecular Hbond substituents is 1. The molecule has 1 aromatic rings. The van der Waals surface area contributed by atoms with Crippen LogP contribution in [0.2, 0.25) is 0 Å². The topological polar surface area (TPSA) is 69.6 Å². The van der Waals surface area contributed by atoms with Crippen LogP contribution in [0.25, 0.3) is 0 Å². The summed E-state index contributed by atoms with van der Waals surface area (Å²) in [6.45, 7) is 2.50.